The van der Waals surface area contributed by atoms with E-state index in [0.717, 1.165) is 51.7 Å². The van der Waals surface area contributed by atoms with Crippen molar-refractivity contribution in [3.05, 3.63) is 0 Å². The van der Waals surface area contributed by atoms with Crippen molar-refractivity contribution in [1.82, 2.24) is 20.4 Å². The third-order valence-electron chi connectivity index (χ3n) is 5.10. The summed E-state index contributed by atoms with van der Waals surface area (Å²) in [5.74, 6) is 0.951. The van der Waals surface area contributed by atoms with Gasteiger partial charge < -0.3 is 15.4 Å². The summed E-state index contributed by atoms with van der Waals surface area (Å²) in [6.07, 6.45) is 3.64. The Balaban J connectivity index is 2.41. The predicted molar refractivity (Wildman–Crippen MR) is 112 cm³/mol. The third-order valence-corrected chi connectivity index (χ3v) is 5.10. The van der Waals surface area contributed by atoms with Crippen LogP contribution in [0.1, 0.15) is 53.9 Å². The maximum absolute atomic E-state index is 5.23. The molecule has 0 saturated carbocycles. The molecule has 1 aliphatic rings. The topological polar surface area (TPSA) is 52.1 Å². The lowest BCUT2D eigenvalue weighted by atomic mass is 10.2. The summed E-state index contributed by atoms with van der Waals surface area (Å²) in [7, 11) is 1.77. The van der Waals surface area contributed by atoms with Crippen molar-refractivity contribution in [3.63, 3.8) is 0 Å². The van der Waals surface area contributed by atoms with Crippen LogP contribution in [0.2, 0.25) is 0 Å². The van der Waals surface area contributed by atoms with E-state index in [1.54, 1.807) is 7.11 Å². The molecular weight excluding hydrogens is 326 g/mol. The Labute approximate surface area is 161 Å². The van der Waals surface area contributed by atoms with Gasteiger partial charge in [0.05, 0.1) is 13.2 Å². The molecule has 1 fully saturated rings. The monoisotopic (exact) mass is 369 g/mol. The average Bonchev–Trinajstić information content (AvgIpc) is 3.04. The van der Waals surface area contributed by atoms with Gasteiger partial charge in [-0.25, -0.2) is 0 Å². The Bertz CT molecular complexity index is 378. The van der Waals surface area contributed by atoms with Gasteiger partial charge in [0.25, 0.3) is 0 Å². The smallest absolute Gasteiger partial charge is 0.191 e. The molecule has 1 rings (SSSR count). The van der Waals surface area contributed by atoms with E-state index in [9.17, 15) is 0 Å². The molecule has 1 heterocycles. The molecule has 6 heteroatoms. The molecule has 0 amide bonds. The third kappa shape index (κ3) is 8.69. The highest BCUT2D eigenvalue weighted by molar-refractivity contribution is 5.79. The summed E-state index contributed by atoms with van der Waals surface area (Å²) in [6, 6.07) is 1.74. The minimum atomic E-state index is 0.554. The number of aliphatic imine (C=N–C) groups is 1. The molecule has 154 valence electrons. The number of nitrogens with zero attached hydrogens (tertiary/aromatic N) is 3. The van der Waals surface area contributed by atoms with Crippen LogP contribution < -0.4 is 10.6 Å². The van der Waals surface area contributed by atoms with Gasteiger partial charge in [-0.2, -0.15) is 0 Å². The lowest BCUT2D eigenvalue weighted by molar-refractivity contribution is 0.142. The van der Waals surface area contributed by atoms with Crippen LogP contribution in [0.15, 0.2) is 4.99 Å². The van der Waals surface area contributed by atoms with E-state index in [0.29, 0.717) is 18.1 Å². The normalized spacial score (nSPS) is 19.1. The van der Waals surface area contributed by atoms with Gasteiger partial charge in [0.15, 0.2) is 5.96 Å². The first kappa shape index (κ1) is 23.2. The number of ether oxygens (including phenoxy) is 1. The molecule has 6 nitrogen and oxygen atoms in total. The van der Waals surface area contributed by atoms with Crippen LogP contribution in [0.25, 0.3) is 0 Å². The molecule has 0 aliphatic carbocycles. The number of rotatable bonds is 12. The molecule has 1 saturated heterocycles. The fourth-order valence-electron chi connectivity index (χ4n) is 3.72. The first-order chi connectivity index (χ1) is 12.5. The summed E-state index contributed by atoms with van der Waals surface area (Å²) >= 11 is 0. The number of nitrogens with one attached hydrogen (secondary N) is 2. The van der Waals surface area contributed by atoms with E-state index in [1.165, 1.54) is 19.4 Å². The lowest BCUT2D eigenvalue weighted by Crippen LogP contribution is -2.42. The Morgan fingerprint density at radius 1 is 1.23 bits per heavy atom. The number of guanidine groups is 1. The molecule has 1 atom stereocenters. The highest BCUT2D eigenvalue weighted by Crippen LogP contribution is 2.16. The van der Waals surface area contributed by atoms with Crippen molar-refractivity contribution < 1.29 is 4.74 Å². The Hall–Kier alpha value is -0.850. The summed E-state index contributed by atoms with van der Waals surface area (Å²) in [4.78, 5) is 9.89. The largest absolute Gasteiger partial charge is 0.383 e. The maximum Gasteiger partial charge on any atom is 0.191 e. The van der Waals surface area contributed by atoms with Gasteiger partial charge in [-0.15, -0.1) is 0 Å². The molecule has 0 bridgehead atoms. The van der Waals surface area contributed by atoms with Gasteiger partial charge in [0, 0.05) is 51.4 Å². The van der Waals surface area contributed by atoms with Crippen LogP contribution in [0.5, 0.6) is 0 Å². The van der Waals surface area contributed by atoms with E-state index in [-0.39, 0.29) is 0 Å². The van der Waals surface area contributed by atoms with Gasteiger partial charge in [0.2, 0.25) is 0 Å². The second-order valence-electron chi connectivity index (χ2n) is 7.75. The Morgan fingerprint density at radius 2 is 1.96 bits per heavy atom. The highest BCUT2D eigenvalue weighted by Gasteiger charge is 2.23. The first-order valence-electron chi connectivity index (χ1n) is 10.5. The standard InChI is InChI=1S/C20H43N5O/c1-7-21-20(22-11-9-13-25(17(2)3)18(4)5)23-16-19-10-8-12-24(19)14-15-26-6/h17-19H,7-16H2,1-6H3,(H2,21,22,23). The molecule has 0 aromatic heterocycles. The molecule has 2 N–H and O–H groups in total. The van der Waals surface area contributed by atoms with Crippen LogP contribution in [0.3, 0.4) is 0 Å². The minimum Gasteiger partial charge on any atom is -0.383 e. The summed E-state index contributed by atoms with van der Waals surface area (Å²) in [5.41, 5.74) is 0. The van der Waals surface area contributed by atoms with Gasteiger partial charge >= 0.3 is 0 Å². The van der Waals surface area contributed by atoms with Crippen LogP contribution in [0, 0.1) is 0 Å². The number of hydrogen-bond acceptors (Lipinski definition) is 4. The van der Waals surface area contributed by atoms with Crippen molar-refractivity contribution >= 4 is 5.96 Å². The van der Waals surface area contributed by atoms with Crippen molar-refractivity contribution in [1.29, 1.82) is 0 Å². The Morgan fingerprint density at radius 3 is 2.58 bits per heavy atom. The average molecular weight is 370 g/mol. The predicted octanol–water partition coefficient (Wildman–Crippen LogP) is 2.16. The maximum atomic E-state index is 5.23. The molecule has 1 aliphatic heterocycles. The number of hydrogen-bond donors (Lipinski definition) is 2. The highest BCUT2D eigenvalue weighted by atomic mass is 16.5. The Kier molecular flexibility index (Phi) is 11.9. The van der Waals surface area contributed by atoms with E-state index in [2.05, 4.69) is 55.1 Å². The van der Waals surface area contributed by atoms with Gasteiger partial charge in [0.1, 0.15) is 0 Å². The summed E-state index contributed by atoms with van der Waals surface area (Å²) in [5, 5.41) is 6.89. The lowest BCUT2D eigenvalue weighted by Gasteiger charge is -2.30. The van der Waals surface area contributed by atoms with Gasteiger partial charge in [-0.05, 0) is 60.4 Å². The second-order valence-corrected chi connectivity index (χ2v) is 7.75. The quantitative estimate of drug-likeness (QED) is 0.314. The van der Waals surface area contributed by atoms with Crippen LogP contribution in [-0.4, -0.2) is 86.9 Å². The number of likely N-dealkylation sites (tertiary alicyclic amines) is 1. The fraction of sp³-hybridized carbons (Fsp3) is 0.950. The van der Waals surface area contributed by atoms with Crippen LogP contribution in [-0.2, 0) is 4.74 Å². The molecule has 0 radical (unpaired) electrons. The molecule has 1 unspecified atom stereocenters. The zero-order valence-corrected chi connectivity index (χ0v) is 18.1. The van der Waals surface area contributed by atoms with E-state index < -0.39 is 0 Å². The van der Waals surface area contributed by atoms with Crippen molar-refractivity contribution in [3.8, 4) is 0 Å². The van der Waals surface area contributed by atoms with E-state index in [1.807, 2.05) is 0 Å². The second kappa shape index (κ2) is 13.3. The molecule has 0 aromatic carbocycles. The first-order valence-corrected chi connectivity index (χ1v) is 10.5. The molecule has 26 heavy (non-hydrogen) atoms. The van der Waals surface area contributed by atoms with Crippen molar-refractivity contribution in [2.24, 2.45) is 4.99 Å². The van der Waals surface area contributed by atoms with Gasteiger partial charge in [-0.1, -0.05) is 0 Å². The fourth-order valence-corrected chi connectivity index (χ4v) is 3.72. The van der Waals surface area contributed by atoms with Crippen LogP contribution >= 0.6 is 0 Å². The summed E-state index contributed by atoms with van der Waals surface area (Å²) < 4.78 is 5.23. The zero-order chi connectivity index (χ0) is 19.4. The number of methoxy groups -OCH3 is 1. The SMILES string of the molecule is CCNC(=NCC1CCCN1CCOC)NCCCN(C(C)C)C(C)C. The van der Waals surface area contributed by atoms with Gasteiger partial charge in [-0.3, -0.25) is 14.8 Å². The zero-order valence-electron chi connectivity index (χ0n) is 18.1. The van der Waals surface area contributed by atoms with E-state index in [4.69, 9.17) is 9.73 Å². The van der Waals surface area contributed by atoms with E-state index >= 15 is 0 Å². The van der Waals surface area contributed by atoms with Crippen molar-refractivity contribution in [2.45, 2.75) is 72.0 Å². The summed E-state index contributed by atoms with van der Waals surface area (Å²) in [6.45, 7) is 18.1. The van der Waals surface area contributed by atoms with Crippen LogP contribution in [0.4, 0.5) is 0 Å². The minimum absolute atomic E-state index is 0.554. The van der Waals surface area contributed by atoms with Crippen molar-refractivity contribution in [2.75, 3.05) is 53.0 Å². The molecular formula is C20H43N5O. The molecule has 0 aromatic rings. The molecule has 0 spiro atoms.